The van der Waals surface area contributed by atoms with E-state index in [9.17, 15) is 22.8 Å². The van der Waals surface area contributed by atoms with Crippen LogP contribution in [-0.4, -0.2) is 23.3 Å². The number of rotatable bonds is 3. The minimum absolute atomic E-state index is 0.0257. The molecule has 0 N–H and O–H groups in total. The number of carbonyl (C=O) groups excluding carboxylic acids is 2. The number of carbonyl (C=O) groups is 2. The molecule has 16 heavy (non-hydrogen) atoms. The summed E-state index contributed by atoms with van der Waals surface area (Å²) in [6.45, 7) is 1.45. The van der Waals surface area contributed by atoms with E-state index in [1.165, 1.54) is 6.92 Å². The maximum Gasteiger partial charge on any atom is 0.427 e. The zero-order chi connectivity index (χ0) is 12.3. The van der Waals surface area contributed by atoms with E-state index >= 15 is 0 Å². The fourth-order valence-corrected chi connectivity index (χ4v) is 1.50. The average Bonchev–Trinajstić information content (AvgIpc) is 2.65. The van der Waals surface area contributed by atoms with E-state index in [0.29, 0.717) is 6.20 Å². The van der Waals surface area contributed by atoms with Crippen LogP contribution in [0.15, 0.2) is 6.20 Å². The largest absolute Gasteiger partial charge is 0.460 e. The van der Waals surface area contributed by atoms with Crippen LogP contribution >= 0.6 is 11.3 Å². The second-order valence-corrected chi connectivity index (χ2v) is 3.61. The maximum absolute atomic E-state index is 12.2. The molecule has 0 aliphatic rings. The highest BCUT2D eigenvalue weighted by Gasteiger charge is 2.35. The first-order chi connectivity index (χ1) is 7.36. The predicted octanol–water partition coefficient (Wildman–Crippen LogP) is 1.91. The molecule has 88 valence electrons. The Balaban J connectivity index is 2.86. The van der Waals surface area contributed by atoms with Crippen LogP contribution in [0.1, 0.15) is 21.6 Å². The Morgan fingerprint density at radius 3 is 2.56 bits per heavy atom. The van der Waals surface area contributed by atoms with Crippen molar-refractivity contribution in [3.63, 3.8) is 0 Å². The van der Waals surface area contributed by atoms with Gasteiger partial charge in [0.2, 0.25) is 0 Å². The van der Waals surface area contributed by atoms with Gasteiger partial charge in [0.25, 0.3) is 5.78 Å². The van der Waals surface area contributed by atoms with Crippen LogP contribution in [0.2, 0.25) is 0 Å². The van der Waals surface area contributed by atoms with Gasteiger partial charge in [-0.25, -0.2) is 9.78 Å². The molecule has 1 heterocycles. The van der Waals surface area contributed by atoms with Crippen molar-refractivity contribution in [1.82, 2.24) is 4.98 Å². The van der Waals surface area contributed by atoms with Gasteiger partial charge in [-0.05, 0) is 6.92 Å². The summed E-state index contributed by atoms with van der Waals surface area (Å²) >= 11 is 0.116. The van der Waals surface area contributed by atoms with Gasteiger partial charge >= 0.3 is 12.1 Å². The van der Waals surface area contributed by atoms with Gasteiger partial charge in [0, 0.05) is 0 Å². The van der Waals surface area contributed by atoms with Gasteiger partial charge in [-0.1, -0.05) is 0 Å². The molecule has 0 saturated carbocycles. The number of hydrogen-bond acceptors (Lipinski definition) is 5. The summed E-state index contributed by atoms with van der Waals surface area (Å²) in [5.74, 6) is -2.37. The Labute approximate surface area is 92.0 Å². The molecule has 1 rings (SSSR count). The molecule has 4 nitrogen and oxygen atoms in total. The molecule has 1 aromatic heterocycles. The number of alkyl halides is 3. The molecule has 1 aromatic rings. The SMILES string of the molecule is CCOC(=O)C(=O)c1ncc(C(F)(F)F)s1. The molecule has 0 fully saturated rings. The summed E-state index contributed by atoms with van der Waals surface area (Å²) in [6.07, 6.45) is -4.05. The molecule has 8 heteroatoms. The van der Waals surface area contributed by atoms with Gasteiger partial charge in [0.15, 0.2) is 5.01 Å². The zero-order valence-electron chi connectivity index (χ0n) is 8.00. The number of Topliss-reactive ketones (excluding diaryl/α,β-unsaturated/α-hetero) is 1. The first kappa shape index (κ1) is 12.6. The maximum atomic E-state index is 12.2. The average molecular weight is 253 g/mol. The molecule has 0 spiro atoms. The molecule has 0 radical (unpaired) electrons. The van der Waals surface area contributed by atoms with Gasteiger partial charge < -0.3 is 4.74 Å². The monoisotopic (exact) mass is 253 g/mol. The van der Waals surface area contributed by atoms with Crippen molar-refractivity contribution in [2.75, 3.05) is 6.61 Å². The van der Waals surface area contributed by atoms with E-state index in [1.807, 2.05) is 0 Å². The molecule has 0 bridgehead atoms. The van der Waals surface area contributed by atoms with E-state index < -0.39 is 27.8 Å². The van der Waals surface area contributed by atoms with Crippen molar-refractivity contribution in [2.24, 2.45) is 0 Å². The molecule has 0 unspecified atom stereocenters. The molecule has 0 aliphatic heterocycles. The minimum Gasteiger partial charge on any atom is -0.460 e. The Bertz CT molecular complexity index is 413. The van der Waals surface area contributed by atoms with Crippen molar-refractivity contribution in [2.45, 2.75) is 13.1 Å². The normalized spacial score (nSPS) is 11.2. The van der Waals surface area contributed by atoms with Crippen LogP contribution in [0.25, 0.3) is 0 Å². The van der Waals surface area contributed by atoms with Gasteiger partial charge in [-0.2, -0.15) is 13.2 Å². The second kappa shape index (κ2) is 4.60. The molecule has 0 amide bonds. The molecule has 0 atom stereocenters. The minimum atomic E-state index is -4.56. The fraction of sp³-hybridized carbons (Fsp3) is 0.375. The van der Waals surface area contributed by atoms with Gasteiger partial charge in [0.05, 0.1) is 12.8 Å². The summed E-state index contributed by atoms with van der Waals surface area (Å²) in [5.41, 5.74) is 0. The topological polar surface area (TPSA) is 56.3 Å². The molecular formula is C8H6F3NO3S. The van der Waals surface area contributed by atoms with Gasteiger partial charge in [0.1, 0.15) is 4.88 Å². The lowest BCUT2D eigenvalue weighted by atomic mass is 10.4. The molecule has 0 saturated heterocycles. The Hall–Kier alpha value is -1.44. The van der Waals surface area contributed by atoms with E-state index in [0.717, 1.165) is 0 Å². The Kier molecular flexibility index (Phi) is 3.63. The van der Waals surface area contributed by atoms with Crippen molar-refractivity contribution < 1.29 is 27.5 Å². The quantitative estimate of drug-likeness (QED) is 0.469. The number of ketones is 1. The number of ether oxygens (including phenoxy) is 1. The highest BCUT2D eigenvalue weighted by Crippen LogP contribution is 2.33. The Morgan fingerprint density at radius 1 is 1.50 bits per heavy atom. The first-order valence-corrected chi connectivity index (χ1v) is 4.92. The van der Waals surface area contributed by atoms with E-state index in [-0.39, 0.29) is 17.9 Å². The number of nitrogens with zero attached hydrogens (tertiary/aromatic N) is 1. The van der Waals surface area contributed by atoms with Gasteiger partial charge in [-0.3, -0.25) is 4.79 Å². The third kappa shape index (κ3) is 2.78. The van der Waals surface area contributed by atoms with Crippen LogP contribution in [0.3, 0.4) is 0 Å². The van der Waals surface area contributed by atoms with Crippen LogP contribution in [0.4, 0.5) is 13.2 Å². The fourth-order valence-electron chi connectivity index (χ4n) is 0.794. The number of thiazole rings is 1. The summed E-state index contributed by atoms with van der Waals surface area (Å²) in [5, 5.41) is -0.522. The van der Waals surface area contributed by atoms with E-state index in [1.54, 1.807) is 0 Å². The predicted molar refractivity (Wildman–Crippen MR) is 48.1 cm³/mol. The summed E-state index contributed by atoms with van der Waals surface area (Å²) in [6, 6.07) is 0. The van der Waals surface area contributed by atoms with E-state index in [4.69, 9.17) is 0 Å². The highest BCUT2D eigenvalue weighted by atomic mass is 32.1. The lowest BCUT2D eigenvalue weighted by Gasteiger charge is -1.99. The van der Waals surface area contributed by atoms with Crippen LogP contribution in [-0.2, 0) is 15.7 Å². The molecule has 0 aromatic carbocycles. The van der Waals surface area contributed by atoms with Crippen LogP contribution in [0, 0.1) is 0 Å². The van der Waals surface area contributed by atoms with Gasteiger partial charge in [-0.15, -0.1) is 11.3 Å². The summed E-state index contributed by atoms with van der Waals surface area (Å²) in [4.78, 5) is 24.3. The summed E-state index contributed by atoms with van der Waals surface area (Å²) in [7, 11) is 0. The number of halogens is 3. The third-order valence-corrected chi connectivity index (χ3v) is 2.48. The smallest absolute Gasteiger partial charge is 0.427 e. The van der Waals surface area contributed by atoms with Crippen molar-refractivity contribution in [1.29, 1.82) is 0 Å². The number of hydrogen-bond donors (Lipinski definition) is 0. The van der Waals surface area contributed by atoms with Crippen LogP contribution in [0.5, 0.6) is 0 Å². The molecule has 0 aliphatic carbocycles. The van der Waals surface area contributed by atoms with Crippen LogP contribution < -0.4 is 0 Å². The number of esters is 1. The Morgan fingerprint density at radius 2 is 2.12 bits per heavy atom. The zero-order valence-corrected chi connectivity index (χ0v) is 8.82. The number of aromatic nitrogens is 1. The highest BCUT2D eigenvalue weighted by molar-refractivity contribution is 7.14. The van der Waals surface area contributed by atoms with Crippen molar-refractivity contribution in [3.05, 3.63) is 16.1 Å². The first-order valence-electron chi connectivity index (χ1n) is 4.10. The van der Waals surface area contributed by atoms with Crippen molar-refractivity contribution in [3.8, 4) is 0 Å². The standard InChI is InChI=1S/C8H6F3NO3S/c1-2-15-7(14)5(13)6-12-3-4(16-6)8(9,10)11/h3H,2H2,1H3. The van der Waals surface area contributed by atoms with Crippen molar-refractivity contribution >= 4 is 23.1 Å². The van der Waals surface area contributed by atoms with E-state index in [2.05, 4.69) is 9.72 Å². The summed E-state index contributed by atoms with van der Waals surface area (Å²) < 4.78 is 40.8. The lowest BCUT2D eigenvalue weighted by molar-refractivity contribution is -0.137. The second-order valence-electron chi connectivity index (χ2n) is 2.58. The lowest BCUT2D eigenvalue weighted by Crippen LogP contribution is -2.17. The molecular weight excluding hydrogens is 247 g/mol. The third-order valence-electron chi connectivity index (χ3n) is 1.44.